The number of carbonyl (C=O) groups excluding carboxylic acids is 1. The topological polar surface area (TPSA) is 48.5 Å². The Morgan fingerprint density at radius 2 is 2.10 bits per heavy atom. The molecular weight excluding hydrogens is 276 g/mol. The van der Waals surface area contributed by atoms with E-state index >= 15 is 0 Å². The Balaban J connectivity index is 1.87. The van der Waals surface area contributed by atoms with Crippen molar-refractivity contribution in [2.24, 2.45) is 0 Å². The molecule has 2 rings (SSSR count). The van der Waals surface area contributed by atoms with E-state index in [2.05, 4.69) is 27.0 Å². The maximum atomic E-state index is 11.1. The highest BCUT2D eigenvalue weighted by molar-refractivity contribution is 6.27. The Hall–Kier alpha value is -1.33. The standard InChI is InChI=1S/C14H21ClN4O/c1-2-18-5-7-19(8-6-18)13-4-3-12(10-16-13)11-17-14(20)9-15/h3-4,10H,2,5-9,11H2,1H3,(H,17,20). The van der Waals surface area contributed by atoms with E-state index in [4.69, 9.17) is 11.6 Å². The Labute approximate surface area is 124 Å². The summed E-state index contributed by atoms with van der Waals surface area (Å²) in [6.45, 7) is 7.99. The molecule has 2 heterocycles. The van der Waals surface area contributed by atoms with Gasteiger partial charge in [0, 0.05) is 38.9 Å². The van der Waals surface area contributed by atoms with Gasteiger partial charge in [-0.25, -0.2) is 4.98 Å². The van der Waals surface area contributed by atoms with Gasteiger partial charge in [0.1, 0.15) is 11.7 Å². The van der Waals surface area contributed by atoms with Crippen LogP contribution in [0.15, 0.2) is 18.3 Å². The van der Waals surface area contributed by atoms with Crippen molar-refractivity contribution >= 4 is 23.3 Å². The third kappa shape index (κ3) is 4.08. The first-order valence-corrected chi connectivity index (χ1v) is 7.51. The summed E-state index contributed by atoms with van der Waals surface area (Å²) in [6.07, 6.45) is 1.82. The lowest BCUT2D eigenvalue weighted by Gasteiger charge is -2.34. The molecule has 110 valence electrons. The summed E-state index contributed by atoms with van der Waals surface area (Å²) >= 11 is 5.43. The molecule has 20 heavy (non-hydrogen) atoms. The van der Waals surface area contributed by atoms with E-state index < -0.39 is 0 Å². The quantitative estimate of drug-likeness (QED) is 0.826. The fraction of sp³-hybridized carbons (Fsp3) is 0.571. The molecule has 0 radical (unpaired) electrons. The third-order valence-electron chi connectivity index (χ3n) is 3.56. The molecule has 6 heteroatoms. The highest BCUT2D eigenvalue weighted by Gasteiger charge is 2.16. The van der Waals surface area contributed by atoms with Gasteiger partial charge in [0.2, 0.25) is 5.91 Å². The number of pyridine rings is 1. The molecule has 0 unspecified atom stereocenters. The SMILES string of the molecule is CCN1CCN(c2ccc(CNC(=O)CCl)cn2)CC1. The summed E-state index contributed by atoms with van der Waals surface area (Å²) in [5.41, 5.74) is 0.986. The van der Waals surface area contributed by atoms with Crippen LogP contribution in [0.2, 0.25) is 0 Å². The molecule has 1 aliphatic heterocycles. The van der Waals surface area contributed by atoms with Crippen LogP contribution in [-0.4, -0.2) is 54.4 Å². The number of hydrogen-bond donors (Lipinski definition) is 1. The number of nitrogens with zero attached hydrogens (tertiary/aromatic N) is 3. The predicted octanol–water partition coefficient (Wildman–Crippen LogP) is 1.08. The first kappa shape index (κ1) is 15.1. The number of piperazine rings is 1. The van der Waals surface area contributed by atoms with Gasteiger partial charge in [-0.1, -0.05) is 13.0 Å². The summed E-state index contributed by atoms with van der Waals surface area (Å²) in [6, 6.07) is 4.02. The zero-order chi connectivity index (χ0) is 14.4. The van der Waals surface area contributed by atoms with E-state index in [9.17, 15) is 4.79 Å². The van der Waals surface area contributed by atoms with Crippen LogP contribution in [0.3, 0.4) is 0 Å². The number of halogens is 1. The summed E-state index contributed by atoms with van der Waals surface area (Å²) < 4.78 is 0. The fourth-order valence-corrected chi connectivity index (χ4v) is 2.34. The minimum Gasteiger partial charge on any atom is -0.354 e. The van der Waals surface area contributed by atoms with Crippen molar-refractivity contribution in [3.8, 4) is 0 Å². The number of anilines is 1. The van der Waals surface area contributed by atoms with Gasteiger partial charge in [0.05, 0.1) is 0 Å². The van der Waals surface area contributed by atoms with Crippen LogP contribution in [0.1, 0.15) is 12.5 Å². The Bertz CT molecular complexity index is 429. The number of carbonyl (C=O) groups is 1. The first-order valence-electron chi connectivity index (χ1n) is 6.98. The summed E-state index contributed by atoms with van der Waals surface area (Å²) in [4.78, 5) is 20.3. The third-order valence-corrected chi connectivity index (χ3v) is 3.81. The first-order chi connectivity index (χ1) is 9.72. The van der Waals surface area contributed by atoms with E-state index in [0.717, 1.165) is 44.1 Å². The molecule has 1 aliphatic rings. The second-order valence-electron chi connectivity index (χ2n) is 4.86. The Morgan fingerprint density at radius 1 is 1.35 bits per heavy atom. The lowest BCUT2D eigenvalue weighted by Crippen LogP contribution is -2.46. The average molecular weight is 297 g/mol. The number of hydrogen-bond acceptors (Lipinski definition) is 4. The van der Waals surface area contributed by atoms with Crippen LogP contribution in [0.5, 0.6) is 0 Å². The molecule has 0 saturated carbocycles. The Kier molecular flexibility index (Phi) is 5.61. The maximum Gasteiger partial charge on any atom is 0.235 e. The summed E-state index contributed by atoms with van der Waals surface area (Å²) in [5, 5.41) is 2.73. The lowest BCUT2D eigenvalue weighted by atomic mass is 10.2. The van der Waals surface area contributed by atoms with E-state index in [0.29, 0.717) is 6.54 Å². The normalized spacial score (nSPS) is 16.2. The molecule has 5 nitrogen and oxygen atoms in total. The van der Waals surface area contributed by atoms with E-state index in [-0.39, 0.29) is 11.8 Å². The van der Waals surface area contributed by atoms with Crippen LogP contribution in [0.25, 0.3) is 0 Å². The minimum absolute atomic E-state index is 0.00673. The van der Waals surface area contributed by atoms with Crippen molar-refractivity contribution in [3.05, 3.63) is 23.9 Å². The van der Waals surface area contributed by atoms with Gasteiger partial charge in [-0.2, -0.15) is 0 Å². The van der Waals surface area contributed by atoms with E-state index in [1.165, 1.54) is 0 Å². The van der Waals surface area contributed by atoms with Gasteiger partial charge in [0.25, 0.3) is 0 Å². The number of likely N-dealkylation sites (N-methyl/N-ethyl adjacent to an activating group) is 1. The van der Waals surface area contributed by atoms with Crippen LogP contribution >= 0.6 is 11.6 Å². The lowest BCUT2D eigenvalue weighted by molar-refractivity contribution is -0.118. The van der Waals surface area contributed by atoms with Gasteiger partial charge in [-0.05, 0) is 18.2 Å². The minimum atomic E-state index is -0.161. The second-order valence-corrected chi connectivity index (χ2v) is 5.12. The van der Waals surface area contributed by atoms with Gasteiger partial charge >= 0.3 is 0 Å². The van der Waals surface area contributed by atoms with Gasteiger partial charge in [-0.15, -0.1) is 11.6 Å². The van der Waals surface area contributed by atoms with Crippen molar-refractivity contribution in [1.82, 2.24) is 15.2 Å². The molecule has 1 fully saturated rings. The predicted molar refractivity (Wildman–Crippen MR) is 81.1 cm³/mol. The van der Waals surface area contributed by atoms with E-state index in [1.807, 2.05) is 18.3 Å². The monoisotopic (exact) mass is 296 g/mol. The van der Waals surface area contributed by atoms with Crippen molar-refractivity contribution in [3.63, 3.8) is 0 Å². The number of rotatable bonds is 5. The maximum absolute atomic E-state index is 11.1. The van der Waals surface area contributed by atoms with Crippen LogP contribution in [0.4, 0.5) is 5.82 Å². The fourth-order valence-electron chi connectivity index (χ4n) is 2.25. The van der Waals surface area contributed by atoms with Crippen molar-refractivity contribution in [1.29, 1.82) is 0 Å². The largest absolute Gasteiger partial charge is 0.354 e. The molecule has 0 atom stereocenters. The van der Waals surface area contributed by atoms with Crippen molar-refractivity contribution in [2.45, 2.75) is 13.5 Å². The molecule has 1 N–H and O–H groups in total. The zero-order valence-electron chi connectivity index (χ0n) is 11.8. The summed E-state index contributed by atoms with van der Waals surface area (Å²) in [7, 11) is 0. The van der Waals surface area contributed by atoms with Gasteiger partial charge < -0.3 is 15.1 Å². The Morgan fingerprint density at radius 3 is 2.65 bits per heavy atom. The van der Waals surface area contributed by atoms with Crippen molar-refractivity contribution < 1.29 is 4.79 Å². The van der Waals surface area contributed by atoms with E-state index in [1.54, 1.807) is 0 Å². The molecule has 1 aromatic heterocycles. The zero-order valence-corrected chi connectivity index (χ0v) is 12.6. The van der Waals surface area contributed by atoms with Crippen LogP contribution < -0.4 is 10.2 Å². The van der Waals surface area contributed by atoms with Crippen LogP contribution in [-0.2, 0) is 11.3 Å². The van der Waals surface area contributed by atoms with Gasteiger partial charge in [-0.3, -0.25) is 4.79 Å². The average Bonchev–Trinajstić information content (AvgIpc) is 2.53. The molecule has 1 saturated heterocycles. The molecular formula is C14H21ClN4O. The number of amides is 1. The number of nitrogens with one attached hydrogen (secondary N) is 1. The molecule has 0 aliphatic carbocycles. The molecule has 1 amide bonds. The molecule has 0 bridgehead atoms. The molecule has 0 aromatic carbocycles. The smallest absolute Gasteiger partial charge is 0.235 e. The van der Waals surface area contributed by atoms with Crippen molar-refractivity contribution in [2.75, 3.05) is 43.5 Å². The highest BCUT2D eigenvalue weighted by atomic mass is 35.5. The summed E-state index contributed by atoms with van der Waals surface area (Å²) in [5.74, 6) is 0.840. The van der Waals surface area contributed by atoms with Crippen LogP contribution in [0, 0.1) is 0 Å². The number of alkyl halides is 1. The van der Waals surface area contributed by atoms with Gasteiger partial charge in [0.15, 0.2) is 0 Å². The highest BCUT2D eigenvalue weighted by Crippen LogP contribution is 2.13. The molecule has 1 aromatic rings. The number of aromatic nitrogens is 1. The molecule has 0 spiro atoms. The second kappa shape index (κ2) is 7.45.